The third kappa shape index (κ3) is 1.43. The number of nitrogens with zero attached hydrogens (tertiary/aromatic N) is 1. The third-order valence-corrected chi connectivity index (χ3v) is 2.96. The van der Waals surface area contributed by atoms with Gasteiger partial charge in [-0.3, -0.25) is 9.79 Å². The summed E-state index contributed by atoms with van der Waals surface area (Å²) in [6, 6.07) is 8.11. The Labute approximate surface area is 93.3 Å². The lowest BCUT2D eigenvalue weighted by Crippen LogP contribution is -2.27. The summed E-state index contributed by atoms with van der Waals surface area (Å²) in [5, 5.41) is 2.28. The van der Waals surface area contributed by atoms with Crippen LogP contribution in [0.5, 0.6) is 0 Å². The SMILES string of the molecule is O=C1CC=C2N=CC=c3ccccc3=C2C1. The summed E-state index contributed by atoms with van der Waals surface area (Å²) in [7, 11) is 0. The highest BCUT2D eigenvalue weighted by molar-refractivity contribution is 5.98. The van der Waals surface area contributed by atoms with Gasteiger partial charge in [0.25, 0.3) is 0 Å². The van der Waals surface area contributed by atoms with Crippen molar-refractivity contribution in [1.82, 2.24) is 0 Å². The van der Waals surface area contributed by atoms with Gasteiger partial charge in [0.15, 0.2) is 0 Å². The molecule has 0 amide bonds. The molecule has 0 aromatic heterocycles. The minimum atomic E-state index is 0.269. The van der Waals surface area contributed by atoms with Crippen molar-refractivity contribution in [3.63, 3.8) is 0 Å². The van der Waals surface area contributed by atoms with Gasteiger partial charge in [-0.25, -0.2) is 0 Å². The molecule has 0 spiro atoms. The molecule has 1 aliphatic carbocycles. The van der Waals surface area contributed by atoms with Gasteiger partial charge in [0, 0.05) is 19.1 Å². The lowest BCUT2D eigenvalue weighted by Gasteiger charge is -2.11. The first-order valence-corrected chi connectivity index (χ1v) is 5.39. The van der Waals surface area contributed by atoms with E-state index in [1.54, 1.807) is 0 Å². The van der Waals surface area contributed by atoms with E-state index in [1.165, 1.54) is 0 Å². The fourth-order valence-electron chi connectivity index (χ4n) is 2.17. The molecule has 0 unspecified atom stereocenters. The molecule has 0 radical (unpaired) electrons. The summed E-state index contributed by atoms with van der Waals surface area (Å²) >= 11 is 0. The van der Waals surface area contributed by atoms with Crippen LogP contribution in [-0.2, 0) is 4.79 Å². The summed E-state index contributed by atoms with van der Waals surface area (Å²) < 4.78 is 0. The molecule has 2 heteroatoms. The number of fused-ring (bicyclic) bond motifs is 2. The highest BCUT2D eigenvalue weighted by Crippen LogP contribution is 2.22. The van der Waals surface area contributed by atoms with Crippen LogP contribution in [0.3, 0.4) is 0 Å². The van der Waals surface area contributed by atoms with Gasteiger partial charge in [0.05, 0.1) is 5.70 Å². The van der Waals surface area contributed by atoms with Gasteiger partial charge >= 0.3 is 0 Å². The van der Waals surface area contributed by atoms with E-state index in [9.17, 15) is 4.79 Å². The Bertz CT molecular complexity index is 635. The minimum absolute atomic E-state index is 0.269. The molecule has 1 aromatic rings. The average molecular weight is 209 g/mol. The standard InChI is InChI=1S/C14H11NO/c16-11-5-6-14-13(9-11)12-4-2-1-3-10(12)7-8-15-14/h1-4,6-8H,5,9H2. The van der Waals surface area contributed by atoms with Crippen molar-refractivity contribution in [3.05, 3.63) is 46.5 Å². The van der Waals surface area contributed by atoms with Gasteiger partial charge in [-0.15, -0.1) is 0 Å². The molecule has 2 aliphatic rings. The van der Waals surface area contributed by atoms with Crippen LogP contribution in [0.4, 0.5) is 0 Å². The number of hydrogen-bond acceptors (Lipinski definition) is 2. The fourth-order valence-corrected chi connectivity index (χ4v) is 2.17. The maximum atomic E-state index is 11.5. The Morgan fingerprint density at radius 1 is 1.19 bits per heavy atom. The first kappa shape index (κ1) is 9.28. The van der Waals surface area contributed by atoms with Crippen molar-refractivity contribution in [2.45, 2.75) is 12.8 Å². The molecule has 16 heavy (non-hydrogen) atoms. The van der Waals surface area contributed by atoms with Crippen LogP contribution in [0.1, 0.15) is 12.8 Å². The molecule has 0 atom stereocenters. The van der Waals surface area contributed by atoms with E-state index in [-0.39, 0.29) is 5.78 Å². The maximum Gasteiger partial charge on any atom is 0.141 e. The molecule has 2 nitrogen and oxygen atoms in total. The molecule has 0 saturated heterocycles. The van der Waals surface area contributed by atoms with E-state index in [4.69, 9.17) is 0 Å². The quantitative estimate of drug-likeness (QED) is 0.625. The molecular weight excluding hydrogens is 198 g/mol. The monoisotopic (exact) mass is 209 g/mol. The number of benzene rings is 1. The van der Waals surface area contributed by atoms with E-state index in [0.29, 0.717) is 12.8 Å². The van der Waals surface area contributed by atoms with E-state index in [0.717, 1.165) is 21.7 Å². The van der Waals surface area contributed by atoms with E-state index in [1.807, 2.05) is 30.5 Å². The van der Waals surface area contributed by atoms with Crippen LogP contribution in [-0.4, -0.2) is 12.0 Å². The zero-order valence-electron chi connectivity index (χ0n) is 8.81. The van der Waals surface area contributed by atoms with Crippen molar-refractivity contribution in [2.75, 3.05) is 0 Å². The largest absolute Gasteiger partial charge is 0.299 e. The Morgan fingerprint density at radius 2 is 2.06 bits per heavy atom. The molecule has 0 saturated carbocycles. The van der Waals surface area contributed by atoms with Crippen molar-refractivity contribution >= 4 is 23.6 Å². The maximum absolute atomic E-state index is 11.5. The molecule has 0 N–H and O–H groups in total. The van der Waals surface area contributed by atoms with Crippen molar-refractivity contribution in [2.24, 2.45) is 4.99 Å². The zero-order valence-corrected chi connectivity index (χ0v) is 8.81. The number of Topliss-reactive ketones (excluding diaryl/α,β-unsaturated/α-hetero) is 1. The van der Waals surface area contributed by atoms with Gasteiger partial charge in [0.1, 0.15) is 5.78 Å². The molecule has 1 aromatic carbocycles. The number of rotatable bonds is 0. The van der Waals surface area contributed by atoms with Crippen molar-refractivity contribution in [1.29, 1.82) is 0 Å². The van der Waals surface area contributed by atoms with E-state index in [2.05, 4.69) is 17.1 Å². The molecule has 1 heterocycles. The number of allylic oxidation sites excluding steroid dienone is 2. The van der Waals surface area contributed by atoms with Gasteiger partial charge in [0.2, 0.25) is 0 Å². The predicted octanol–water partition coefficient (Wildman–Crippen LogP) is 0.949. The van der Waals surface area contributed by atoms with Crippen LogP contribution < -0.4 is 10.4 Å². The number of carbonyl (C=O) groups excluding carboxylic acids is 1. The Kier molecular flexibility index (Phi) is 2.07. The summed E-state index contributed by atoms with van der Waals surface area (Å²) in [6.45, 7) is 0. The number of hydrogen-bond donors (Lipinski definition) is 0. The molecule has 3 rings (SSSR count). The second-order valence-corrected chi connectivity index (χ2v) is 4.02. The number of ketones is 1. The normalized spacial score (nSPS) is 18.1. The van der Waals surface area contributed by atoms with E-state index < -0.39 is 0 Å². The first-order chi connectivity index (χ1) is 7.84. The van der Waals surface area contributed by atoms with Gasteiger partial charge < -0.3 is 0 Å². The first-order valence-electron chi connectivity index (χ1n) is 5.39. The Hall–Kier alpha value is -1.96. The highest BCUT2D eigenvalue weighted by atomic mass is 16.1. The predicted molar refractivity (Wildman–Crippen MR) is 64.4 cm³/mol. The average Bonchev–Trinajstić information content (AvgIpc) is 2.48. The minimum Gasteiger partial charge on any atom is -0.299 e. The molecule has 0 bridgehead atoms. The van der Waals surface area contributed by atoms with Crippen LogP contribution in [0.15, 0.2) is 41.0 Å². The van der Waals surface area contributed by atoms with Gasteiger partial charge in [-0.2, -0.15) is 0 Å². The second kappa shape index (κ2) is 3.56. The summed E-state index contributed by atoms with van der Waals surface area (Å²) in [6.07, 6.45) is 6.75. The van der Waals surface area contributed by atoms with Gasteiger partial charge in [-0.1, -0.05) is 30.3 Å². The van der Waals surface area contributed by atoms with Crippen LogP contribution >= 0.6 is 0 Å². The van der Waals surface area contributed by atoms with Crippen molar-refractivity contribution < 1.29 is 4.79 Å². The van der Waals surface area contributed by atoms with E-state index >= 15 is 0 Å². The lowest BCUT2D eigenvalue weighted by molar-refractivity contribution is -0.117. The Balaban J connectivity index is 2.42. The molecular formula is C14H11NO. The topological polar surface area (TPSA) is 29.4 Å². The van der Waals surface area contributed by atoms with Crippen LogP contribution in [0.2, 0.25) is 0 Å². The van der Waals surface area contributed by atoms with Crippen LogP contribution in [0, 0.1) is 0 Å². The summed E-state index contributed by atoms with van der Waals surface area (Å²) in [5.41, 5.74) is 2.03. The number of carbonyl (C=O) groups is 1. The Morgan fingerprint density at radius 3 is 3.00 bits per heavy atom. The smallest absolute Gasteiger partial charge is 0.141 e. The highest BCUT2D eigenvalue weighted by Gasteiger charge is 2.16. The molecule has 1 aliphatic heterocycles. The zero-order chi connectivity index (χ0) is 11.0. The van der Waals surface area contributed by atoms with Crippen molar-refractivity contribution in [3.8, 4) is 0 Å². The second-order valence-electron chi connectivity index (χ2n) is 4.02. The molecule has 78 valence electrons. The molecule has 0 fully saturated rings. The summed E-state index contributed by atoms with van der Waals surface area (Å²) in [5.74, 6) is 0.269. The third-order valence-electron chi connectivity index (χ3n) is 2.96. The van der Waals surface area contributed by atoms with Crippen LogP contribution in [0.25, 0.3) is 11.6 Å². The fraction of sp³-hybridized carbons (Fsp3) is 0.143. The summed E-state index contributed by atoms with van der Waals surface area (Å²) in [4.78, 5) is 15.9. The number of aliphatic imine (C=N–C) groups is 1. The lowest BCUT2D eigenvalue weighted by atomic mass is 9.95. The van der Waals surface area contributed by atoms with Gasteiger partial charge in [-0.05, 0) is 22.1 Å².